The van der Waals surface area contributed by atoms with Crippen molar-refractivity contribution in [3.63, 3.8) is 0 Å². The molecule has 27 heavy (non-hydrogen) atoms. The summed E-state index contributed by atoms with van der Waals surface area (Å²) in [6.45, 7) is 1.11. The molecule has 0 bridgehead atoms. The van der Waals surface area contributed by atoms with E-state index in [2.05, 4.69) is 10.6 Å². The first-order valence-electron chi connectivity index (χ1n) is 9.22. The summed E-state index contributed by atoms with van der Waals surface area (Å²) < 4.78 is 37.8. The minimum absolute atomic E-state index is 0.193. The number of alkyl halides is 3. The Balaban J connectivity index is 1.32. The van der Waals surface area contributed by atoms with Gasteiger partial charge in [-0.25, -0.2) is 0 Å². The van der Waals surface area contributed by atoms with Crippen LogP contribution in [0.2, 0.25) is 0 Å². The van der Waals surface area contributed by atoms with Crippen molar-refractivity contribution in [2.45, 2.75) is 37.4 Å². The summed E-state index contributed by atoms with van der Waals surface area (Å²) in [4.78, 5) is 12.2. The van der Waals surface area contributed by atoms with Crippen LogP contribution in [-0.2, 0) is 6.18 Å². The van der Waals surface area contributed by atoms with Gasteiger partial charge in [0.15, 0.2) is 0 Å². The number of anilines is 1. The van der Waals surface area contributed by atoms with E-state index >= 15 is 0 Å². The summed E-state index contributed by atoms with van der Waals surface area (Å²) in [5.41, 5.74) is 1.30. The Morgan fingerprint density at radius 1 is 1.00 bits per heavy atom. The number of rotatable bonds is 6. The number of amides is 1. The lowest BCUT2D eigenvalue weighted by atomic mass is 10.1. The van der Waals surface area contributed by atoms with Crippen molar-refractivity contribution in [3.05, 3.63) is 65.2 Å². The van der Waals surface area contributed by atoms with Crippen LogP contribution in [0.3, 0.4) is 0 Å². The van der Waals surface area contributed by atoms with Crippen molar-refractivity contribution >= 4 is 11.6 Å². The summed E-state index contributed by atoms with van der Waals surface area (Å²) in [6.07, 6.45) is -0.571. The van der Waals surface area contributed by atoms with E-state index in [4.69, 9.17) is 0 Å². The third-order valence-electron chi connectivity index (χ3n) is 5.23. The van der Waals surface area contributed by atoms with E-state index < -0.39 is 17.6 Å². The Bertz CT molecular complexity index is 811. The van der Waals surface area contributed by atoms with Gasteiger partial charge in [0.25, 0.3) is 5.91 Å². The zero-order valence-electron chi connectivity index (χ0n) is 14.7. The molecule has 4 rings (SSSR count). The third-order valence-corrected chi connectivity index (χ3v) is 5.23. The molecule has 2 aromatic rings. The van der Waals surface area contributed by atoms with Crippen LogP contribution >= 0.6 is 0 Å². The second kappa shape index (κ2) is 7.00. The first-order chi connectivity index (χ1) is 12.9. The molecule has 2 aliphatic carbocycles. The number of carbonyl (C=O) groups is 1. The number of hydrogen-bond acceptors (Lipinski definition) is 2. The first-order valence-corrected chi connectivity index (χ1v) is 9.22. The molecule has 0 aliphatic heterocycles. The molecular weight excluding hydrogens is 353 g/mol. The molecule has 2 fully saturated rings. The highest BCUT2D eigenvalue weighted by atomic mass is 19.4. The minimum atomic E-state index is -4.40. The van der Waals surface area contributed by atoms with E-state index in [0.29, 0.717) is 17.6 Å². The standard InChI is InChI=1S/C21H21F3N2O/c22-21(23,24)16-7-3-15(4-8-16)20(27)26-17-9-5-14(6-10-17)18-11-19(18)25-12-13-1-2-13/h3-10,13,18-19,25H,1-2,11-12H2,(H,26,27)/t18-,19+/m0/s1. The molecule has 2 aliphatic rings. The topological polar surface area (TPSA) is 41.1 Å². The second-order valence-corrected chi connectivity index (χ2v) is 7.45. The maximum atomic E-state index is 12.6. The molecule has 2 saturated carbocycles. The summed E-state index contributed by atoms with van der Waals surface area (Å²) in [6, 6.07) is 12.5. The van der Waals surface area contributed by atoms with E-state index in [1.54, 1.807) is 0 Å². The predicted molar refractivity (Wildman–Crippen MR) is 97.7 cm³/mol. The Labute approximate surface area is 156 Å². The zero-order chi connectivity index (χ0) is 19.0. The Morgan fingerprint density at radius 2 is 1.67 bits per heavy atom. The fourth-order valence-corrected chi connectivity index (χ4v) is 3.26. The monoisotopic (exact) mass is 374 g/mol. The van der Waals surface area contributed by atoms with Crippen LogP contribution in [0.1, 0.15) is 46.7 Å². The van der Waals surface area contributed by atoms with Crippen molar-refractivity contribution < 1.29 is 18.0 Å². The highest BCUT2D eigenvalue weighted by molar-refractivity contribution is 6.04. The number of halogens is 3. The van der Waals surface area contributed by atoms with Gasteiger partial charge in [0.1, 0.15) is 0 Å². The van der Waals surface area contributed by atoms with Gasteiger partial charge in [0.2, 0.25) is 0 Å². The maximum absolute atomic E-state index is 12.6. The lowest BCUT2D eigenvalue weighted by Crippen LogP contribution is -2.20. The average Bonchev–Trinajstić information content (AvgIpc) is 3.54. The van der Waals surface area contributed by atoms with Crippen molar-refractivity contribution in [2.24, 2.45) is 5.92 Å². The SMILES string of the molecule is O=C(Nc1ccc([C@@H]2C[C@H]2NCC2CC2)cc1)c1ccc(C(F)(F)F)cc1. The maximum Gasteiger partial charge on any atom is 0.416 e. The van der Waals surface area contributed by atoms with Crippen molar-refractivity contribution in [1.82, 2.24) is 5.32 Å². The molecule has 142 valence electrons. The van der Waals surface area contributed by atoms with Gasteiger partial charge in [-0.3, -0.25) is 4.79 Å². The highest BCUT2D eigenvalue weighted by Crippen LogP contribution is 2.42. The molecule has 0 heterocycles. The van der Waals surface area contributed by atoms with Crippen LogP contribution in [0.4, 0.5) is 18.9 Å². The van der Waals surface area contributed by atoms with E-state index in [0.717, 1.165) is 31.0 Å². The van der Waals surface area contributed by atoms with Gasteiger partial charge in [-0.15, -0.1) is 0 Å². The van der Waals surface area contributed by atoms with E-state index in [9.17, 15) is 18.0 Å². The third kappa shape index (κ3) is 4.50. The zero-order valence-corrected chi connectivity index (χ0v) is 14.7. The fraction of sp³-hybridized carbons (Fsp3) is 0.381. The quantitative estimate of drug-likeness (QED) is 0.762. The summed E-state index contributed by atoms with van der Waals surface area (Å²) in [5, 5.41) is 6.33. The van der Waals surface area contributed by atoms with Crippen LogP contribution in [0.15, 0.2) is 48.5 Å². The molecule has 2 aromatic carbocycles. The van der Waals surface area contributed by atoms with Gasteiger partial charge in [-0.2, -0.15) is 13.2 Å². The van der Waals surface area contributed by atoms with Gasteiger partial charge in [-0.1, -0.05) is 12.1 Å². The first kappa shape index (κ1) is 18.0. The largest absolute Gasteiger partial charge is 0.416 e. The Morgan fingerprint density at radius 3 is 2.26 bits per heavy atom. The molecule has 0 unspecified atom stereocenters. The smallest absolute Gasteiger partial charge is 0.322 e. The van der Waals surface area contributed by atoms with Crippen molar-refractivity contribution in [2.75, 3.05) is 11.9 Å². The fourth-order valence-electron chi connectivity index (χ4n) is 3.26. The van der Waals surface area contributed by atoms with Gasteiger partial charge < -0.3 is 10.6 Å². The van der Waals surface area contributed by atoms with Crippen molar-refractivity contribution in [3.8, 4) is 0 Å². The lowest BCUT2D eigenvalue weighted by molar-refractivity contribution is -0.137. The minimum Gasteiger partial charge on any atom is -0.322 e. The molecule has 0 radical (unpaired) electrons. The Kier molecular flexibility index (Phi) is 4.68. The number of hydrogen-bond donors (Lipinski definition) is 2. The normalized spacial score (nSPS) is 21.7. The molecule has 0 saturated heterocycles. The predicted octanol–water partition coefficient (Wildman–Crippen LogP) is 4.81. The molecule has 0 spiro atoms. The van der Waals surface area contributed by atoms with Crippen molar-refractivity contribution in [1.29, 1.82) is 0 Å². The van der Waals surface area contributed by atoms with Gasteiger partial charge in [0.05, 0.1) is 5.56 Å². The highest BCUT2D eigenvalue weighted by Gasteiger charge is 2.38. The number of nitrogens with one attached hydrogen (secondary N) is 2. The summed E-state index contributed by atoms with van der Waals surface area (Å²) >= 11 is 0. The Hall–Kier alpha value is -2.34. The molecule has 3 nitrogen and oxygen atoms in total. The summed E-state index contributed by atoms with van der Waals surface area (Å²) in [5.74, 6) is 0.976. The molecule has 2 N–H and O–H groups in total. The molecule has 1 amide bonds. The van der Waals surface area contributed by atoms with E-state index in [-0.39, 0.29) is 5.56 Å². The molecule has 0 aromatic heterocycles. The molecule has 6 heteroatoms. The van der Waals surface area contributed by atoms with Crippen LogP contribution < -0.4 is 10.6 Å². The molecule has 2 atom stereocenters. The van der Waals surface area contributed by atoms with Gasteiger partial charge in [-0.05, 0) is 73.7 Å². The van der Waals surface area contributed by atoms with Crippen LogP contribution in [0.5, 0.6) is 0 Å². The number of benzene rings is 2. The number of carbonyl (C=O) groups excluding carboxylic acids is 1. The van der Waals surface area contributed by atoms with Crippen LogP contribution in [0.25, 0.3) is 0 Å². The average molecular weight is 374 g/mol. The van der Waals surface area contributed by atoms with Gasteiger partial charge in [0, 0.05) is 23.2 Å². The van der Waals surface area contributed by atoms with E-state index in [1.807, 2.05) is 24.3 Å². The van der Waals surface area contributed by atoms with Crippen LogP contribution in [0, 0.1) is 5.92 Å². The molecular formula is C21H21F3N2O. The second-order valence-electron chi connectivity index (χ2n) is 7.45. The summed E-state index contributed by atoms with van der Waals surface area (Å²) in [7, 11) is 0. The lowest BCUT2D eigenvalue weighted by Gasteiger charge is -2.09. The van der Waals surface area contributed by atoms with E-state index in [1.165, 1.54) is 30.5 Å². The van der Waals surface area contributed by atoms with Crippen LogP contribution in [-0.4, -0.2) is 18.5 Å². The van der Waals surface area contributed by atoms with Gasteiger partial charge >= 0.3 is 6.18 Å².